The molecule has 3 atom stereocenters. The van der Waals surface area contributed by atoms with Crippen LogP contribution in [0.15, 0.2) is 18.2 Å². The maximum absolute atomic E-state index is 6.21. The lowest BCUT2D eigenvalue weighted by Crippen LogP contribution is -2.38. The molecule has 0 amide bonds. The Bertz CT molecular complexity index is 407. The van der Waals surface area contributed by atoms with E-state index in [0.717, 1.165) is 19.1 Å². The Labute approximate surface area is 116 Å². The Morgan fingerprint density at radius 3 is 2.58 bits per heavy atom. The Kier molecular flexibility index (Phi) is 3.90. The van der Waals surface area contributed by atoms with Crippen molar-refractivity contribution in [2.45, 2.75) is 51.7 Å². The molecule has 0 bridgehead atoms. The van der Waals surface area contributed by atoms with Gasteiger partial charge >= 0.3 is 0 Å². The molecule has 1 aliphatic carbocycles. The highest BCUT2D eigenvalue weighted by Gasteiger charge is 2.30. The number of nitrogens with one attached hydrogen (secondary N) is 1. The normalized spacial score (nSPS) is 31.6. The fraction of sp³-hybridized carbons (Fsp3) is 0.647. The minimum atomic E-state index is 0.226. The van der Waals surface area contributed by atoms with Crippen LogP contribution in [0.2, 0.25) is 0 Å². The molecule has 1 heterocycles. The number of fused-ring (bicyclic) bond motifs is 1. The second-order valence-corrected chi connectivity index (χ2v) is 6.30. The Balaban J connectivity index is 1.75. The van der Waals surface area contributed by atoms with Gasteiger partial charge < -0.3 is 10.1 Å². The minimum absolute atomic E-state index is 0.226. The zero-order valence-corrected chi connectivity index (χ0v) is 12.1. The number of rotatable bonds is 1. The van der Waals surface area contributed by atoms with Crippen LogP contribution in [0.1, 0.15) is 48.5 Å². The molecular formula is C17H25NO. The zero-order valence-electron chi connectivity index (χ0n) is 12.1. The van der Waals surface area contributed by atoms with Gasteiger partial charge in [-0.25, -0.2) is 0 Å². The molecule has 1 saturated carbocycles. The maximum atomic E-state index is 6.21. The van der Waals surface area contributed by atoms with E-state index in [0.29, 0.717) is 6.04 Å². The van der Waals surface area contributed by atoms with E-state index < -0.39 is 0 Å². The first-order chi connectivity index (χ1) is 9.22. The summed E-state index contributed by atoms with van der Waals surface area (Å²) in [6, 6.07) is 7.46. The standard InChI is InChI=1S/C17H25NO/c1-12-7-13(2)9-15(8-12)17-10-18-16-6-4-3-5-14(16)11-19-17/h7-9,14,16-18H,3-6,10-11H2,1-2H3. The third kappa shape index (κ3) is 3.01. The topological polar surface area (TPSA) is 21.3 Å². The summed E-state index contributed by atoms with van der Waals surface area (Å²) in [6.45, 7) is 6.22. The van der Waals surface area contributed by atoms with Crippen LogP contribution in [0.5, 0.6) is 0 Å². The third-order valence-corrected chi connectivity index (χ3v) is 4.60. The number of benzene rings is 1. The van der Waals surface area contributed by atoms with E-state index in [1.807, 2.05) is 0 Å². The largest absolute Gasteiger partial charge is 0.372 e. The predicted octanol–water partition coefficient (Wildman–Crippen LogP) is 3.52. The monoisotopic (exact) mass is 259 g/mol. The van der Waals surface area contributed by atoms with Gasteiger partial charge in [-0.2, -0.15) is 0 Å². The Hall–Kier alpha value is -0.860. The lowest BCUT2D eigenvalue weighted by Gasteiger charge is -2.29. The van der Waals surface area contributed by atoms with Crippen molar-refractivity contribution in [3.63, 3.8) is 0 Å². The average Bonchev–Trinajstić information content (AvgIpc) is 2.60. The number of hydrogen-bond donors (Lipinski definition) is 1. The predicted molar refractivity (Wildman–Crippen MR) is 78.4 cm³/mol. The molecule has 3 rings (SSSR count). The van der Waals surface area contributed by atoms with Crippen molar-refractivity contribution in [2.75, 3.05) is 13.2 Å². The summed E-state index contributed by atoms with van der Waals surface area (Å²) in [5.74, 6) is 0.727. The molecule has 2 fully saturated rings. The van der Waals surface area contributed by atoms with Crippen LogP contribution in [-0.4, -0.2) is 19.2 Å². The van der Waals surface area contributed by atoms with Gasteiger partial charge in [-0.15, -0.1) is 0 Å². The van der Waals surface area contributed by atoms with Crippen molar-refractivity contribution < 1.29 is 4.74 Å². The first kappa shape index (κ1) is 13.1. The van der Waals surface area contributed by atoms with E-state index in [2.05, 4.69) is 37.4 Å². The van der Waals surface area contributed by atoms with Crippen LogP contribution in [0.3, 0.4) is 0 Å². The van der Waals surface area contributed by atoms with Crippen molar-refractivity contribution in [3.05, 3.63) is 34.9 Å². The van der Waals surface area contributed by atoms with Gasteiger partial charge in [0.05, 0.1) is 12.7 Å². The molecule has 2 nitrogen and oxygen atoms in total. The third-order valence-electron chi connectivity index (χ3n) is 4.60. The lowest BCUT2D eigenvalue weighted by molar-refractivity contribution is 0.0400. The molecule has 1 N–H and O–H groups in total. The summed E-state index contributed by atoms with van der Waals surface area (Å²) in [4.78, 5) is 0. The lowest BCUT2D eigenvalue weighted by atomic mass is 9.85. The Morgan fingerprint density at radius 1 is 1.05 bits per heavy atom. The molecule has 104 valence electrons. The van der Waals surface area contributed by atoms with Crippen LogP contribution < -0.4 is 5.32 Å². The fourth-order valence-corrected chi connectivity index (χ4v) is 3.64. The summed E-state index contributed by atoms with van der Waals surface area (Å²) < 4.78 is 6.21. The van der Waals surface area contributed by atoms with Gasteiger partial charge in [-0.3, -0.25) is 0 Å². The summed E-state index contributed by atoms with van der Waals surface area (Å²) in [6.07, 6.45) is 5.64. The van der Waals surface area contributed by atoms with Crippen molar-refractivity contribution in [1.29, 1.82) is 0 Å². The van der Waals surface area contributed by atoms with Gasteiger partial charge in [0.25, 0.3) is 0 Å². The van der Waals surface area contributed by atoms with Gasteiger partial charge in [-0.05, 0) is 38.2 Å². The second kappa shape index (κ2) is 5.64. The first-order valence-corrected chi connectivity index (χ1v) is 7.65. The molecular weight excluding hydrogens is 234 g/mol. The van der Waals surface area contributed by atoms with Crippen LogP contribution in [-0.2, 0) is 4.74 Å². The number of ether oxygens (including phenoxy) is 1. The summed E-state index contributed by atoms with van der Waals surface area (Å²) in [5, 5.41) is 3.75. The van der Waals surface area contributed by atoms with Crippen LogP contribution in [0.25, 0.3) is 0 Å². The van der Waals surface area contributed by atoms with Gasteiger partial charge in [0.1, 0.15) is 0 Å². The highest BCUT2D eigenvalue weighted by atomic mass is 16.5. The Morgan fingerprint density at radius 2 is 1.79 bits per heavy atom. The molecule has 0 aromatic heterocycles. The molecule has 1 saturated heterocycles. The summed E-state index contributed by atoms with van der Waals surface area (Å²) >= 11 is 0. The van der Waals surface area contributed by atoms with Crippen molar-refractivity contribution >= 4 is 0 Å². The highest BCUT2D eigenvalue weighted by Crippen LogP contribution is 2.30. The van der Waals surface area contributed by atoms with Crippen molar-refractivity contribution in [3.8, 4) is 0 Å². The quantitative estimate of drug-likeness (QED) is 0.833. The van der Waals surface area contributed by atoms with Crippen LogP contribution in [0, 0.1) is 19.8 Å². The number of hydrogen-bond acceptors (Lipinski definition) is 2. The van der Waals surface area contributed by atoms with Gasteiger partial charge in [0.2, 0.25) is 0 Å². The summed E-state index contributed by atoms with van der Waals surface area (Å²) in [7, 11) is 0. The van der Waals surface area contributed by atoms with Crippen molar-refractivity contribution in [2.24, 2.45) is 5.92 Å². The van der Waals surface area contributed by atoms with E-state index in [1.54, 1.807) is 0 Å². The maximum Gasteiger partial charge on any atom is 0.0949 e. The molecule has 2 heteroatoms. The average molecular weight is 259 g/mol. The molecule has 19 heavy (non-hydrogen) atoms. The van der Waals surface area contributed by atoms with E-state index in [-0.39, 0.29) is 6.10 Å². The second-order valence-electron chi connectivity index (χ2n) is 6.30. The molecule has 0 spiro atoms. The minimum Gasteiger partial charge on any atom is -0.372 e. The molecule has 1 aromatic rings. The summed E-state index contributed by atoms with van der Waals surface area (Å²) in [5.41, 5.74) is 4.00. The molecule has 1 aliphatic heterocycles. The molecule has 3 unspecified atom stereocenters. The zero-order chi connectivity index (χ0) is 13.2. The van der Waals surface area contributed by atoms with Crippen LogP contribution in [0.4, 0.5) is 0 Å². The number of aryl methyl sites for hydroxylation is 2. The van der Waals surface area contributed by atoms with E-state index >= 15 is 0 Å². The molecule has 1 aromatic carbocycles. The SMILES string of the molecule is Cc1cc(C)cc(C2CNC3CCCCC3CO2)c1. The van der Waals surface area contributed by atoms with Gasteiger partial charge in [-0.1, -0.05) is 42.2 Å². The van der Waals surface area contributed by atoms with E-state index in [1.165, 1.54) is 42.4 Å². The smallest absolute Gasteiger partial charge is 0.0949 e. The fourth-order valence-electron chi connectivity index (χ4n) is 3.64. The molecule has 2 aliphatic rings. The van der Waals surface area contributed by atoms with Crippen molar-refractivity contribution in [1.82, 2.24) is 5.32 Å². The van der Waals surface area contributed by atoms with E-state index in [9.17, 15) is 0 Å². The molecule has 0 radical (unpaired) electrons. The highest BCUT2D eigenvalue weighted by molar-refractivity contribution is 5.30. The van der Waals surface area contributed by atoms with Crippen LogP contribution >= 0.6 is 0 Å². The first-order valence-electron chi connectivity index (χ1n) is 7.65. The van der Waals surface area contributed by atoms with Gasteiger partial charge in [0, 0.05) is 12.6 Å². The van der Waals surface area contributed by atoms with E-state index in [4.69, 9.17) is 4.74 Å². The van der Waals surface area contributed by atoms with Gasteiger partial charge in [0.15, 0.2) is 0 Å².